The molecule has 1 aliphatic carbocycles. The van der Waals surface area contributed by atoms with Crippen LogP contribution in [0.2, 0.25) is 0 Å². The number of hydrogen-bond donors (Lipinski definition) is 0. The third-order valence-corrected chi connectivity index (χ3v) is 8.78. The van der Waals surface area contributed by atoms with Crippen LogP contribution in [-0.2, 0) is 6.42 Å². The number of carbonyl (C=O) groups is 1. The van der Waals surface area contributed by atoms with Gasteiger partial charge in [-0.15, -0.1) is 0 Å². The van der Waals surface area contributed by atoms with Crippen molar-refractivity contribution in [2.45, 2.75) is 44.9 Å². The fraction of sp³-hybridized carbons (Fsp3) is 0.417. The van der Waals surface area contributed by atoms with Gasteiger partial charge in [-0.25, -0.2) is 0 Å². The van der Waals surface area contributed by atoms with Gasteiger partial charge in [0.2, 0.25) is 0 Å². The van der Waals surface area contributed by atoms with E-state index in [2.05, 4.69) is 40.1 Å². The van der Waals surface area contributed by atoms with E-state index in [0.717, 1.165) is 59.7 Å². The highest BCUT2D eigenvalue weighted by Gasteiger charge is 2.26. The number of nitrogens with zero attached hydrogens (tertiary/aromatic N) is 2. The fourth-order valence-electron chi connectivity index (χ4n) is 6.45. The normalized spacial score (nSPS) is 17.9. The third-order valence-electron chi connectivity index (χ3n) is 8.78. The Morgan fingerprint density at radius 3 is 1.83 bits per heavy atom. The molecule has 0 spiro atoms. The number of rotatable bonds is 11. The van der Waals surface area contributed by atoms with E-state index < -0.39 is 0 Å². The summed E-state index contributed by atoms with van der Waals surface area (Å²) in [6, 6.07) is 24.4. The summed E-state index contributed by atoms with van der Waals surface area (Å²) in [5.41, 5.74) is 5.99. The molecule has 5 nitrogen and oxygen atoms in total. The van der Waals surface area contributed by atoms with E-state index >= 15 is 0 Å². The van der Waals surface area contributed by atoms with Gasteiger partial charge in [0.1, 0.15) is 24.7 Å². The molecule has 214 valence electrons. The predicted octanol–water partition coefficient (Wildman–Crippen LogP) is 6.77. The van der Waals surface area contributed by atoms with E-state index in [0.29, 0.717) is 18.8 Å². The van der Waals surface area contributed by atoms with Gasteiger partial charge in [-0.1, -0.05) is 42.8 Å². The first-order valence-corrected chi connectivity index (χ1v) is 15.5. The lowest BCUT2D eigenvalue weighted by Gasteiger charge is -2.26. The van der Waals surface area contributed by atoms with Gasteiger partial charge in [0.15, 0.2) is 5.78 Å². The van der Waals surface area contributed by atoms with Crippen molar-refractivity contribution in [2.75, 3.05) is 52.5 Å². The number of benzene rings is 3. The third kappa shape index (κ3) is 6.91. The summed E-state index contributed by atoms with van der Waals surface area (Å²) in [5, 5.41) is 0. The van der Waals surface area contributed by atoms with E-state index in [-0.39, 0.29) is 5.78 Å². The number of allylic oxidation sites excluding steroid dienone is 2. The maximum absolute atomic E-state index is 14.1. The molecule has 2 aliphatic heterocycles. The van der Waals surface area contributed by atoms with E-state index in [1.165, 1.54) is 63.8 Å². The van der Waals surface area contributed by atoms with Crippen LogP contribution in [0.1, 0.15) is 65.6 Å². The Hall–Kier alpha value is -3.41. The van der Waals surface area contributed by atoms with E-state index in [9.17, 15) is 4.79 Å². The highest BCUT2D eigenvalue weighted by Crippen LogP contribution is 2.39. The van der Waals surface area contributed by atoms with E-state index in [4.69, 9.17) is 9.47 Å². The van der Waals surface area contributed by atoms with Crippen LogP contribution in [-0.4, -0.2) is 68.1 Å². The van der Waals surface area contributed by atoms with Crippen molar-refractivity contribution in [3.63, 3.8) is 0 Å². The van der Waals surface area contributed by atoms with Gasteiger partial charge in [-0.2, -0.15) is 0 Å². The number of hydrogen-bond acceptors (Lipinski definition) is 5. The van der Waals surface area contributed by atoms with Crippen LogP contribution in [0.15, 0.2) is 72.8 Å². The van der Waals surface area contributed by atoms with Gasteiger partial charge >= 0.3 is 0 Å². The minimum Gasteiger partial charge on any atom is -0.492 e. The summed E-state index contributed by atoms with van der Waals surface area (Å²) in [4.78, 5) is 19.0. The molecule has 0 N–H and O–H groups in total. The molecular formula is C36H42N2O3. The molecule has 41 heavy (non-hydrogen) atoms. The van der Waals surface area contributed by atoms with Crippen molar-refractivity contribution < 1.29 is 14.3 Å². The molecule has 2 fully saturated rings. The van der Waals surface area contributed by atoms with E-state index in [1.54, 1.807) is 0 Å². The van der Waals surface area contributed by atoms with Crippen LogP contribution in [0.3, 0.4) is 0 Å². The maximum Gasteiger partial charge on any atom is 0.193 e. The largest absolute Gasteiger partial charge is 0.492 e. The Bertz CT molecular complexity index is 1330. The number of fused-ring (bicyclic) bond motifs is 1. The zero-order valence-electron chi connectivity index (χ0n) is 24.2. The summed E-state index contributed by atoms with van der Waals surface area (Å²) in [6.07, 6.45) is 8.28. The van der Waals surface area contributed by atoms with Gasteiger partial charge in [0.25, 0.3) is 0 Å². The number of piperidine rings is 1. The van der Waals surface area contributed by atoms with E-state index in [1.807, 2.05) is 42.5 Å². The van der Waals surface area contributed by atoms with Gasteiger partial charge < -0.3 is 9.47 Å². The number of likely N-dealkylation sites (tertiary alicyclic amines) is 2. The topological polar surface area (TPSA) is 42.0 Å². The zero-order valence-corrected chi connectivity index (χ0v) is 24.2. The summed E-state index contributed by atoms with van der Waals surface area (Å²) in [5.74, 6) is 1.77. The van der Waals surface area contributed by atoms with Crippen LogP contribution in [0.4, 0.5) is 0 Å². The maximum atomic E-state index is 14.1. The summed E-state index contributed by atoms with van der Waals surface area (Å²) in [6.45, 7) is 8.02. The van der Waals surface area contributed by atoms with Crippen LogP contribution in [0.5, 0.6) is 11.5 Å². The first-order chi connectivity index (χ1) is 20.2. The second-order valence-electron chi connectivity index (χ2n) is 11.5. The average molecular weight is 551 g/mol. The number of Topliss-reactive ketones (excluding diaryl/α,β-unsaturated/α-hetero) is 1. The summed E-state index contributed by atoms with van der Waals surface area (Å²) >= 11 is 0. The lowest BCUT2D eigenvalue weighted by Crippen LogP contribution is -2.33. The monoisotopic (exact) mass is 550 g/mol. The van der Waals surface area contributed by atoms with Gasteiger partial charge in [0.05, 0.1) is 0 Å². The molecule has 3 aliphatic rings. The molecule has 0 amide bonds. The molecule has 0 bridgehead atoms. The second kappa shape index (κ2) is 13.5. The fourth-order valence-corrected chi connectivity index (χ4v) is 6.45. The SMILES string of the molecule is O=C(C1=C(c2ccc(OCCN3CCCC3)cc2)CCc2ccccc21)c1ccc(OCCN2CCCCC2)cc1. The summed E-state index contributed by atoms with van der Waals surface area (Å²) < 4.78 is 12.1. The average Bonchev–Trinajstić information content (AvgIpc) is 3.55. The van der Waals surface area contributed by atoms with Crippen molar-refractivity contribution in [2.24, 2.45) is 0 Å². The number of ketones is 1. The zero-order chi connectivity index (χ0) is 27.9. The highest BCUT2D eigenvalue weighted by atomic mass is 16.5. The molecule has 2 saturated heterocycles. The molecule has 3 aromatic carbocycles. The molecule has 0 atom stereocenters. The Morgan fingerprint density at radius 1 is 0.634 bits per heavy atom. The highest BCUT2D eigenvalue weighted by molar-refractivity contribution is 6.35. The van der Waals surface area contributed by atoms with Crippen molar-refractivity contribution in [1.82, 2.24) is 9.80 Å². The Labute approximate surface area is 244 Å². The Kier molecular flexibility index (Phi) is 9.14. The molecule has 3 aromatic rings. The van der Waals surface area contributed by atoms with Crippen LogP contribution in [0, 0.1) is 0 Å². The minimum atomic E-state index is 0.0676. The molecule has 0 saturated carbocycles. The minimum absolute atomic E-state index is 0.0676. The molecule has 0 unspecified atom stereocenters. The van der Waals surface area contributed by atoms with Crippen molar-refractivity contribution in [3.8, 4) is 11.5 Å². The van der Waals surface area contributed by atoms with Crippen LogP contribution >= 0.6 is 0 Å². The quantitative estimate of drug-likeness (QED) is 0.247. The lowest BCUT2D eigenvalue weighted by atomic mass is 9.79. The first kappa shape index (κ1) is 27.7. The number of aryl methyl sites for hydroxylation is 1. The summed E-state index contributed by atoms with van der Waals surface area (Å²) in [7, 11) is 0. The van der Waals surface area contributed by atoms with Crippen LogP contribution < -0.4 is 9.47 Å². The molecule has 0 aromatic heterocycles. The molecule has 6 rings (SSSR count). The van der Waals surface area contributed by atoms with Crippen molar-refractivity contribution in [3.05, 3.63) is 95.1 Å². The Morgan fingerprint density at radius 2 is 1.20 bits per heavy atom. The van der Waals surface area contributed by atoms with Crippen molar-refractivity contribution in [1.29, 1.82) is 0 Å². The second-order valence-corrected chi connectivity index (χ2v) is 11.5. The smallest absolute Gasteiger partial charge is 0.193 e. The molecule has 2 heterocycles. The predicted molar refractivity (Wildman–Crippen MR) is 166 cm³/mol. The molecule has 0 radical (unpaired) electrons. The van der Waals surface area contributed by atoms with Crippen molar-refractivity contribution >= 4 is 16.9 Å². The standard InChI is InChI=1S/C36H42N2O3/c39-36(30-12-17-32(18-13-30)41-26-24-37-20-4-1-5-21-37)35-33-9-3-2-8-28(33)14-19-34(35)29-10-15-31(16-11-29)40-27-25-38-22-6-7-23-38/h2-3,8-13,15-18H,1,4-7,14,19-27H2. The molecular weight excluding hydrogens is 508 g/mol. The Balaban J connectivity index is 1.17. The number of ether oxygens (including phenoxy) is 2. The van der Waals surface area contributed by atoms with Crippen LogP contribution in [0.25, 0.3) is 11.1 Å². The van der Waals surface area contributed by atoms with Gasteiger partial charge in [-0.05, 0) is 123 Å². The first-order valence-electron chi connectivity index (χ1n) is 15.5. The van der Waals surface area contributed by atoms with Gasteiger partial charge in [-0.3, -0.25) is 14.6 Å². The lowest BCUT2D eigenvalue weighted by molar-refractivity contribution is 0.105. The van der Waals surface area contributed by atoms with Gasteiger partial charge in [0, 0.05) is 24.2 Å². The molecule has 5 heteroatoms. The number of carbonyl (C=O) groups excluding carboxylic acids is 1.